The van der Waals surface area contributed by atoms with E-state index in [1.165, 1.54) is 16.4 Å². The summed E-state index contributed by atoms with van der Waals surface area (Å²) in [5, 5.41) is 8.35. The van der Waals surface area contributed by atoms with Crippen molar-refractivity contribution in [2.24, 2.45) is 7.05 Å². The van der Waals surface area contributed by atoms with E-state index in [2.05, 4.69) is 10.4 Å². The van der Waals surface area contributed by atoms with E-state index in [0.717, 1.165) is 0 Å². The summed E-state index contributed by atoms with van der Waals surface area (Å²) < 4.78 is 6.38. The minimum atomic E-state index is -0.571. The van der Waals surface area contributed by atoms with Crippen molar-refractivity contribution in [3.05, 3.63) is 64.6 Å². The number of thioether (sulfide) groups is 1. The Labute approximate surface area is 183 Å². The summed E-state index contributed by atoms with van der Waals surface area (Å²) in [6.07, 6.45) is 0.0154. The van der Waals surface area contributed by atoms with E-state index in [0.29, 0.717) is 39.5 Å². The molecule has 0 saturated carbocycles. The number of anilines is 1. The minimum absolute atomic E-state index is 0.0154. The first kappa shape index (κ1) is 20.9. The SMILES string of the molecule is COc1ccc(NC(=O)C2CSCN2C(=O)Cc2nn(C)c(=O)c3ccccc23)cc1. The fraction of sp³-hybridized carbons (Fsp3) is 0.273. The normalized spacial score (nSPS) is 15.8. The second-order valence-electron chi connectivity index (χ2n) is 7.19. The molecule has 3 aromatic rings. The van der Waals surface area contributed by atoms with E-state index < -0.39 is 6.04 Å². The molecule has 0 aliphatic carbocycles. The molecule has 1 saturated heterocycles. The highest BCUT2D eigenvalue weighted by Crippen LogP contribution is 2.24. The summed E-state index contributed by atoms with van der Waals surface area (Å²) in [5.41, 5.74) is 0.954. The quantitative estimate of drug-likeness (QED) is 0.655. The van der Waals surface area contributed by atoms with Crippen molar-refractivity contribution in [2.45, 2.75) is 12.5 Å². The van der Waals surface area contributed by atoms with Crippen LogP contribution in [0, 0.1) is 0 Å². The number of nitrogens with zero attached hydrogens (tertiary/aromatic N) is 3. The van der Waals surface area contributed by atoms with Crippen molar-refractivity contribution in [2.75, 3.05) is 24.1 Å². The molecule has 1 fully saturated rings. The lowest BCUT2D eigenvalue weighted by Crippen LogP contribution is -2.45. The Morgan fingerprint density at radius 2 is 1.87 bits per heavy atom. The smallest absolute Gasteiger partial charge is 0.274 e. The van der Waals surface area contributed by atoms with Crippen LogP contribution >= 0.6 is 11.8 Å². The lowest BCUT2D eigenvalue weighted by Gasteiger charge is -2.23. The highest BCUT2D eigenvalue weighted by Gasteiger charge is 2.35. The Morgan fingerprint density at radius 3 is 2.58 bits per heavy atom. The summed E-state index contributed by atoms with van der Waals surface area (Å²) in [5.74, 6) is 1.22. The van der Waals surface area contributed by atoms with Gasteiger partial charge in [0.25, 0.3) is 5.56 Å². The fourth-order valence-electron chi connectivity index (χ4n) is 3.56. The molecular weight excluding hydrogens is 416 g/mol. The van der Waals surface area contributed by atoms with E-state index in [-0.39, 0.29) is 23.8 Å². The van der Waals surface area contributed by atoms with Crippen LogP contribution in [-0.2, 0) is 23.1 Å². The van der Waals surface area contributed by atoms with Gasteiger partial charge in [-0.15, -0.1) is 11.8 Å². The first-order valence-corrected chi connectivity index (χ1v) is 10.9. The molecule has 1 aliphatic rings. The molecule has 8 nitrogen and oxygen atoms in total. The maximum Gasteiger partial charge on any atom is 0.274 e. The summed E-state index contributed by atoms with van der Waals surface area (Å²) >= 11 is 1.53. The summed E-state index contributed by atoms with van der Waals surface area (Å²) in [7, 11) is 3.15. The highest BCUT2D eigenvalue weighted by molar-refractivity contribution is 7.99. The lowest BCUT2D eigenvalue weighted by atomic mass is 10.1. The first-order chi connectivity index (χ1) is 15.0. The third kappa shape index (κ3) is 4.27. The monoisotopic (exact) mass is 438 g/mol. The number of methoxy groups -OCH3 is 1. The molecule has 2 aromatic carbocycles. The van der Waals surface area contributed by atoms with Gasteiger partial charge in [-0.05, 0) is 30.3 Å². The van der Waals surface area contributed by atoms with E-state index in [9.17, 15) is 14.4 Å². The summed E-state index contributed by atoms with van der Waals surface area (Å²) in [4.78, 5) is 39.8. The van der Waals surface area contributed by atoms with E-state index >= 15 is 0 Å². The summed E-state index contributed by atoms with van der Waals surface area (Å²) in [6, 6.07) is 13.6. The average molecular weight is 439 g/mol. The molecule has 0 radical (unpaired) electrons. The average Bonchev–Trinajstić information content (AvgIpc) is 3.28. The molecule has 2 amide bonds. The Hall–Kier alpha value is -3.33. The van der Waals surface area contributed by atoms with Crippen LogP contribution in [-0.4, -0.2) is 51.3 Å². The van der Waals surface area contributed by atoms with Crippen LogP contribution in [0.15, 0.2) is 53.3 Å². The molecule has 31 heavy (non-hydrogen) atoms. The third-order valence-corrected chi connectivity index (χ3v) is 6.23. The number of carbonyl (C=O) groups is 2. The van der Waals surface area contributed by atoms with Gasteiger partial charge in [0.1, 0.15) is 11.8 Å². The molecule has 160 valence electrons. The molecule has 1 unspecified atom stereocenters. The Morgan fingerprint density at radius 1 is 1.16 bits per heavy atom. The number of carbonyl (C=O) groups excluding carboxylic acids is 2. The number of rotatable bonds is 5. The van der Waals surface area contributed by atoms with Crippen molar-refractivity contribution in [1.82, 2.24) is 14.7 Å². The predicted octanol–water partition coefficient (Wildman–Crippen LogP) is 2.02. The van der Waals surface area contributed by atoms with Crippen molar-refractivity contribution >= 4 is 40.0 Å². The van der Waals surface area contributed by atoms with Gasteiger partial charge >= 0.3 is 0 Å². The number of hydrogen-bond donors (Lipinski definition) is 1. The largest absolute Gasteiger partial charge is 0.497 e. The van der Waals surface area contributed by atoms with Gasteiger partial charge < -0.3 is 15.0 Å². The lowest BCUT2D eigenvalue weighted by molar-refractivity contribution is -0.135. The van der Waals surface area contributed by atoms with Gasteiger partial charge in [0.2, 0.25) is 11.8 Å². The zero-order valence-electron chi connectivity index (χ0n) is 17.2. The molecule has 2 heterocycles. The molecule has 1 atom stereocenters. The van der Waals surface area contributed by atoms with Gasteiger partial charge in [0.05, 0.1) is 30.5 Å². The molecule has 0 bridgehead atoms. The minimum Gasteiger partial charge on any atom is -0.497 e. The zero-order chi connectivity index (χ0) is 22.0. The van der Waals surface area contributed by atoms with Crippen LogP contribution in [0.3, 0.4) is 0 Å². The molecule has 4 rings (SSSR count). The second kappa shape index (κ2) is 8.81. The maximum absolute atomic E-state index is 13.1. The molecule has 1 aromatic heterocycles. The van der Waals surface area contributed by atoms with Crippen molar-refractivity contribution in [3.63, 3.8) is 0 Å². The molecule has 9 heteroatoms. The van der Waals surface area contributed by atoms with Gasteiger partial charge in [-0.25, -0.2) is 4.68 Å². The number of fused-ring (bicyclic) bond motifs is 1. The number of aromatic nitrogens is 2. The molecule has 1 aliphatic heterocycles. The van der Waals surface area contributed by atoms with Crippen molar-refractivity contribution in [3.8, 4) is 5.75 Å². The number of hydrogen-bond acceptors (Lipinski definition) is 6. The number of nitrogens with one attached hydrogen (secondary N) is 1. The van der Waals surface area contributed by atoms with Gasteiger partial charge in [-0.1, -0.05) is 18.2 Å². The number of ether oxygens (including phenoxy) is 1. The first-order valence-electron chi connectivity index (χ1n) is 9.75. The third-order valence-electron chi connectivity index (χ3n) is 5.21. The fourth-order valence-corrected chi connectivity index (χ4v) is 4.74. The Bertz CT molecular complexity index is 1190. The van der Waals surface area contributed by atoms with Crippen LogP contribution in [0.25, 0.3) is 10.8 Å². The molecule has 0 spiro atoms. The van der Waals surface area contributed by atoms with E-state index in [1.807, 2.05) is 6.07 Å². The van der Waals surface area contributed by atoms with Gasteiger partial charge in [0, 0.05) is 23.9 Å². The van der Waals surface area contributed by atoms with E-state index in [1.54, 1.807) is 61.5 Å². The molecular formula is C22H22N4O4S. The summed E-state index contributed by atoms with van der Waals surface area (Å²) in [6.45, 7) is 0. The van der Waals surface area contributed by atoms with Crippen LogP contribution in [0.2, 0.25) is 0 Å². The van der Waals surface area contributed by atoms with Gasteiger partial charge in [-0.3, -0.25) is 14.4 Å². The second-order valence-corrected chi connectivity index (χ2v) is 8.19. The van der Waals surface area contributed by atoms with Crippen molar-refractivity contribution in [1.29, 1.82) is 0 Å². The highest BCUT2D eigenvalue weighted by atomic mass is 32.2. The van der Waals surface area contributed by atoms with Gasteiger partial charge in [0.15, 0.2) is 0 Å². The van der Waals surface area contributed by atoms with E-state index in [4.69, 9.17) is 4.74 Å². The van der Waals surface area contributed by atoms with Crippen LogP contribution < -0.4 is 15.6 Å². The Kier molecular flexibility index (Phi) is 5.94. The predicted molar refractivity (Wildman–Crippen MR) is 120 cm³/mol. The number of benzene rings is 2. The topological polar surface area (TPSA) is 93.5 Å². The van der Waals surface area contributed by atoms with Crippen molar-refractivity contribution < 1.29 is 14.3 Å². The Balaban J connectivity index is 1.52. The van der Waals surface area contributed by atoms with Crippen LogP contribution in [0.4, 0.5) is 5.69 Å². The number of aryl methyl sites for hydroxylation is 1. The van der Waals surface area contributed by atoms with Crippen LogP contribution in [0.1, 0.15) is 5.69 Å². The molecule has 1 N–H and O–H groups in total. The van der Waals surface area contributed by atoms with Crippen LogP contribution in [0.5, 0.6) is 5.75 Å². The standard InChI is InChI=1S/C22H22N4O4S/c1-25-22(29)17-6-4-3-5-16(17)18(24-25)11-20(27)26-13-31-12-19(26)21(28)23-14-7-9-15(30-2)10-8-14/h3-10,19H,11-13H2,1-2H3,(H,23,28). The van der Waals surface area contributed by atoms with Gasteiger partial charge in [-0.2, -0.15) is 5.10 Å². The number of amides is 2. The zero-order valence-corrected chi connectivity index (χ0v) is 18.0. The maximum atomic E-state index is 13.1.